The maximum atomic E-state index is 10.9. The van der Waals surface area contributed by atoms with Crippen LogP contribution in [0.5, 0.6) is 0 Å². The summed E-state index contributed by atoms with van der Waals surface area (Å²) in [7, 11) is 1.54. The number of benzene rings is 1. The van der Waals surface area contributed by atoms with Gasteiger partial charge >= 0.3 is 5.97 Å². The van der Waals surface area contributed by atoms with Crippen molar-refractivity contribution in [1.82, 2.24) is 0 Å². The van der Waals surface area contributed by atoms with Gasteiger partial charge in [0.05, 0.1) is 17.0 Å². The zero-order valence-electron chi connectivity index (χ0n) is 11.4. The van der Waals surface area contributed by atoms with Gasteiger partial charge in [0.15, 0.2) is 0 Å². The van der Waals surface area contributed by atoms with Gasteiger partial charge in [0.25, 0.3) is 0 Å². The van der Waals surface area contributed by atoms with E-state index in [1.54, 1.807) is 26.2 Å². The van der Waals surface area contributed by atoms with Gasteiger partial charge in [-0.15, -0.1) is 0 Å². The summed E-state index contributed by atoms with van der Waals surface area (Å²) in [5, 5.41) is 18.2. The van der Waals surface area contributed by atoms with Crippen molar-refractivity contribution in [3.8, 4) is 17.9 Å². The second kappa shape index (κ2) is 5.00. The van der Waals surface area contributed by atoms with Gasteiger partial charge in [-0.05, 0) is 38.0 Å². The van der Waals surface area contributed by atoms with Gasteiger partial charge in [0.1, 0.15) is 5.60 Å². The Morgan fingerprint density at radius 3 is 2.70 bits per heavy atom. The van der Waals surface area contributed by atoms with Crippen LogP contribution in [-0.4, -0.2) is 23.8 Å². The Bertz CT molecular complexity index is 644. The summed E-state index contributed by atoms with van der Waals surface area (Å²) in [6.45, 7) is 1.80. The molecule has 1 fully saturated rings. The molecule has 1 aliphatic carbocycles. The number of hydrogen-bond donors (Lipinski definition) is 1. The van der Waals surface area contributed by atoms with Crippen molar-refractivity contribution in [2.24, 2.45) is 5.41 Å². The van der Waals surface area contributed by atoms with Crippen molar-refractivity contribution < 1.29 is 14.6 Å². The molecule has 0 unspecified atom stereocenters. The number of carboxylic acid groups (broad SMARTS) is 1. The smallest absolute Gasteiger partial charge is 0.335 e. The molecule has 0 saturated heterocycles. The van der Waals surface area contributed by atoms with Crippen LogP contribution in [0.1, 0.15) is 35.7 Å². The van der Waals surface area contributed by atoms with Crippen LogP contribution in [0, 0.1) is 28.6 Å². The normalized spacial score (nSPS) is 18.1. The van der Waals surface area contributed by atoms with E-state index < -0.39 is 17.0 Å². The lowest BCUT2D eigenvalue weighted by atomic mass is 9.87. The Hall–Kier alpha value is -2.30. The van der Waals surface area contributed by atoms with Crippen LogP contribution in [-0.2, 0) is 4.74 Å². The maximum Gasteiger partial charge on any atom is 0.335 e. The highest BCUT2D eigenvalue weighted by Gasteiger charge is 2.58. The molecule has 0 spiro atoms. The number of ether oxygens (including phenoxy) is 1. The number of rotatable bonds is 3. The third-order valence-corrected chi connectivity index (χ3v) is 3.84. The molecule has 4 nitrogen and oxygen atoms in total. The van der Waals surface area contributed by atoms with Crippen molar-refractivity contribution in [2.45, 2.75) is 25.4 Å². The van der Waals surface area contributed by atoms with E-state index in [1.807, 2.05) is 0 Å². The van der Waals surface area contributed by atoms with Crippen LogP contribution >= 0.6 is 0 Å². The largest absolute Gasteiger partial charge is 0.478 e. The van der Waals surface area contributed by atoms with Gasteiger partial charge in [-0.25, -0.2) is 4.79 Å². The Kier molecular flexibility index (Phi) is 3.53. The van der Waals surface area contributed by atoms with Crippen LogP contribution in [0.2, 0.25) is 0 Å². The second-order valence-electron chi connectivity index (χ2n) is 5.07. The predicted octanol–water partition coefficient (Wildman–Crippen LogP) is 2.45. The van der Waals surface area contributed by atoms with E-state index in [0.29, 0.717) is 5.56 Å². The number of carboxylic acids is 1. The fourth-order valence-corrected chi connectivity index (χ4v) is 2.11. The molecule has 1 saturated carbocycles. The first-order valence-electron chi connectivity index (χ1n) is 6.29. The average Bonchev–Trinajstić information content (AvgIpc) is 3.26. The molecule has 0 aromatic heterocycles. The minimum atomic E-state index is -0.987. The Morgan fingerprint density at radius 2 is 2.20 bits per heavy atom. The second-order valence-corrected chi connectivity index (χ2v) is 5.07. The van der Waals surface area contributed by atoms with Gasteiger partial charge in [-0.1, -0.05) is 17.9 Å². The molecule has 1 atom stereocenters. The van der Waals surface area contributed by atoms with Crippen molar-refractivity contribution >= 4 is 5.97 Å². The number of nitrogens with zero attached hydrogens (tertiary/aromatic N) is 1. The Balaban J connectivity index is 2.32. The quantitative estimate of drug-likeness (QED) is 0.856. The summed E-state index contributed by atoms with van der Waals surface area (Å²) in [4.78, 5) is 10.9. The fraction of sp³-hybridized carbons (Fsp3) is 0.375. The molecule has 1 aliphatic rings. The van der Waals surface area contributed by atoms with Crippen LogP contribution < -0.4 is 0 Å². The van der Waals surface area contributed by atoms with Crippen LogP contribution in [0.3, 0.4) is 0 Å². The van der Waals surface area contributed by atoms with Crippen LogP contribution in [0.25, 0.3) is 0 Å². The molecule has 0 heterocycles. The zero-order valence-corrected chi connectivity index (χ0v) is 11.4. The van der Waals surface area contributed by atoms with E-state index in [9.17, 15) is 10.1 Å². The van der Waals surface area contributed by atoms with Crippen molar-refractivity contribution in [1.29, 1.82) is 5.26 Å². The van der Waals surface area contributed by atoms with Crippen LogP contribution in [0.15, 0.2) is 24.3 Å². The Morgan fingerprint density at radius 1 is 1.50 bits per heavy atom. The SMILES string of the molecule is CO[C@](C)(C#Cc1cccc(C(=O)O)c1)C1(C#N)CC1. The van der Waals surface area contributed by atoms with Gasteiger partial charge in [-0.3, -0.25) is 0 Å². The van der Waals surface area contributed by atoms with Gasteiger partial charge in [0, 0.05) is 12.7 Å². The highest BCUT2D eigenvalue weighted by molar-refractivity contribution is 5.88. The summed E-state index contributed by atoms with van der Waals surface area (Å²) < 4.78 is 5.44. The van der Waals surface area contributed by atoms with Crippen molar-refractivity contribution in [2.75, 3.05) is 7.11 Å². The number of methoxy groups -OCH3 is 1. The lowest BCUT2D eigenvalue weighted by Gasteiger charge is -2.26. The van der Waals surface area contributed by atoms with Crippen molar-refractivity contribution in [3.63, 3.8) is 0 Å². The molecule has 2 rings (SSSR count). The maximum absolute atomic E-state index is 10.9. The molecule has 0 bridgehead atoms. The van der Waals surface area contributed by atoms with E-state index in [1.165, 1.54) is 12.1 Å². The van der Waals surface area contributed by atoms with Gasteiger partial charge < -0.3 is 9.84 Å². The zero-order chi connectivity index (χ0) is 14.8. The van der Waals surface area contributed by atoms with Crippen LogP contribution in [0.4, 0.5) is 0 Å². The third-order valence-electron chi connectivity index (χ3n) is 3.84. The lowest BCUT2D eigenvalue weighted by molar-refractivity contribution is 0.0147. The number of hydrogen-bond acceptors (Lipinski definition) is 3. The summed E-state index contributed by atoms with van der Waals surface area (Å²) >= 11 is 0. The topological polar surface area (TPSA) is 70.3 Å². The standard InChI is InChI=1S/C16H15NO3/c1-15(20-2,16(11-17)8-9-16)7-6-12-4-3-5-13(10-12)14(18)19/h3-5,10H,8-9H2,1-2H3,(H,18,19)/t15-/m1/s1. The molecule has 0 aliphatic heterocycles. The Labute approximate surface area is 118 Å². The summed E-state index contributed by atoms with van der Waals surface area (Å²) in [6.07, 6.45) is 1.55. The van der Waals surface area contributed by atoms with E-state index >= 15 is 0 Å². The third kappa shape index (κ3) is 2.39. The summed E-state index contributed by atoms with van der Waals surface area (Å²) in [6, 6.07) is 8.70. The molecular weight excluding hydrogens is 254 g/mol. The van der Waals surface area contributed by atoms with Gasteiger partial charge in [0.2, 0.25) is 0 Å². The molecule has 1 aromatic carbocycles. The summed E-state index contributed by atoms with van der Waals surface area (Å²) in [5.41, 5.74) is -0.584. The molecule has 4 heteroatoms. The van der Waals surface area contributed by atoms with Gasteiger partial charge in [-0.2, -0.15) is 5.26 Å². The molecule has 1 aromatic rings. The molecule has 1 N–H and O–H groups in total. The minimum absolute atomic E-state index is 0.192. The molecule has 102 valence electrons. The monoisotopic (exact) mass is 269 g/mol. The molecular formula is C16H15NO3. The molecule has 20 heavy (non-hydrogen) atoms. The first-order chi connectivity index (χ1) is 9.46. The van der Waals surface area contributed by atoms with Crippen molar-refractivity contribution in [3.05, 3.63) is 35.4 Å². The fourth-order valence-electron chi connectivity index (χ4n) is 2.11. The van der Waals surface area contributed by atoms with E-state index in [4.69, 9.17) is 9.84 Å². The lowest BCUT2D eigenvalue weighted by Crippen LogP contribution is -2.36. The van der Waals surface area contributed by atoms with E-state index in [-0.39, 0.29) is 5.56 Å². The minimum Gasteiger partial charge on any atom is -0.478 e. The average molecular weight is 269 g/mol. The molecule has 0 amide bonds. The number of aromatic carboxylic acids is 1. The van der Waals surface area contributed by atoms with E-state index in [0.717, 1.165) is 12.8 Å². The molecule has 0 radical (unpaired) electrons. The van der Waals surface area contributed by atoms with E-state index in [2.05, 4.69) is 17.9 Å². The predicted molar refractivity (Wildman–Crippen MR) is 73.0 cm³/mol. The number of nitriles is 1. The summed E-state index contributed by atoms with van der Waals surface area (Å²) in [5.74, 6) is 4.93. The first kappa shape index (κ1) is 14.1. The highest BCUT2D eigenvalue weighted by Crippen LogP contribution is 2.54. The first-order valence-corrected chi connectivity index (χ1v) is 6.29. The number of carbonyl (C=O) groups is 1. The highest BCUT2D eigenvalue weighted by atomic mass is 16.5.